The topological polar surface area (TPSA) is 78.4 Å². The minimum absolute atomic E-state index is 0.00624. The molecule has 2 aromatic heterocycles. The lowest BCUT2D eigenvalue weighted by Crippen LogP contribution is -2.43. The molecule has 1 fully saturated rings. The van der Waals surface area contributed by atoms with Gasteiger partial charge >= 0.3 is 0 Å². The molecular weight excluding hydrogens is 440 g/mol. The Morgan fingerprint density at radius 1 is 1.06 bits per heavy atom. The highest BCUT2D eigenvalue weighted by atomic mass is 19.1. The summed E-state index contributed by atoms with van der Waals surface area (Å²) in [5.74, 6) is -0.275. The van der Waals surface area contributed by atoms with Crippen molar-refractivity contribution in [3.05, 3.63) is 48.3 Å². The summed E-state index contributed by atoms with van der Waals surface area (Å²) in [6, 6.07) is 6.97. The van der Waals surface area contributed by atoms with Gasteiger partial charge in [-0.25, -0.2) is 23.7 Å². The largest absolute Gasteiger partial charge is 0.486 e. The van der Waals surface area contributed by atoms with Gasteiger partial charge in [0.1, 0.15) is 18.1 Å². The van der Waals surface area contributed by atoms with Gasteiger partial charge in [-0.3, -0.25) is 0 Å². The zero-order valence-electron chi connectivity index (χ0n) is 19.2. The molecule has 0 bridgehead atoms. The zero-order valence-corrected chi connectivity index (χ0v) is 19.2. The molecule has 2 aliphatic heterocycles. The minimum atomic E-state index is -0.639. The van der Waals surface area contributed by atoms with Crippen LogP contribution in [0, 0.1) is 11.6 Å². The molecule has 0 radical (unpaired) electrons. The Morgan fingerprint density at radius 2 is 1.88 bits per heavy atom. The van der Waals surface area contributed by atoms with Gasteiger partial charge in [0.25, 0.3) is 0 Å². The number of hydrogen-bond donors (Lipinski definition) is 2. The highest BCUT2D eigenvalue weighted by molar-refractivity contribution is 5.73. The average molecular weight is 468 g/mol. The molecule has 178 valence electrons. The van der Waals surface area contributed by atoms with Crippen molar-refractivity contribution in [3.8, 4) is 17.0 Å². The van der Waals surface area contributed by atoms with Gasteiger partial charge in [0.15, 0.2) is 17.4 Å². The van der Waals surface area contributed by atoms with Crippen molar-refractivity contribution in [2.45, 2.75) is 19.9 Å². The van der Waals surface area contributed by atoms with Gasteiger partial charge < -0.3 is 25.2 Å². The summed E-state index contributed by atoms with van der Waals surface area (Å²) < 4.78 is 35.2. The highest BCUT2D eigenvalue weighted by Crippen LogP contribution is 2.39. The van der Waals surface area contributed by atoms with E-state index >= 15 is 0 Å². The second-order valence-electron chi connectivity index (χ2n) is 8.59. The number of benzene rings is 1. The van der Waals surface area contributed by atoms with Gasteiger partial charge in [-0.1, -0.05) is 0 Å². The second-order valence-corrected chi connectivity index (χ2v) is 8.59. The number of anilines is 4. The predicted molar refractivity (Wildman–Crippen MR) is 128 cm³/mol. The lowest BCUT2D eigenvalue weighted by atomic mass is 10.1. The number of hydrogen-bond acceptors (Lipinski definition) is 8. The maximum absolute atomic E-state index is 14.9. The fourth-order valence-electron chi connectivity index (χ4n) is 4.33. The van der Waals surface area contributed by atoms with E-state index in [4.69, 9.17) is 4.74 Å². The molecule has 0 saturated carbocycles. The molecule has 4 heterocycles. The first-order chi connectivity index (χ1) is 16.5. The number of aromatic nitrogens is 3. The molecule has 8 nitrogen and oxygen atoms in total. The van der Waals surface area contributed by atoms with Crippen molar-refractivity contribution >= 4 is 23.1 Å². The van der Waals surface area contributed by atoms with E-state index in [2.05, 4.69) is 30.5 Å². The molecule has 0 amide bonds. The molecule has 5 rings (SSSR count). The van der Waals surface area contributed by atoms with Crippen LogP contribution < -0.4 is 25.2 Å². The first-order valence-corrected chi connectivity index (χ1v) is 11.4. The number of fused-ring (bicyclic) bond motifs is 1. The van der Waals surface area contributed by atoms with E-state index in [0.29, 0.717) is 30.2 Å². The van der Waals surface area contributed by atoms with Gasteiger partial charge in [0, 0.05) is 55.7 Å². The van der Waals surface area contributed by atoms with Crippen LogP contribution >= 0.6 is 0 Å². The normalized spacial score (nSPS) is 15.8. The fourth-order valence-corrected chi connectivity index (χ4v) is 4.33. The second kappa shape index (κ2) is 9.38. The standard InChI is InChI=1S/C24H27F2N7O/c1-15(2)33-9-10-34-23-18(25)11-16(12-20(23)33)22-19(26)14-29-24(31-22)30-21-13-17(3-4-28-21)32-7-5-27-6-8-32/h3-4,11-15,27H,5-10H2,1-2H3,(H,28,29,30,31). The molecule has 1 aromatic carbocycles. The van der Waals surface area contributed by atoms with E-state index in [1.54, 1.807) is 12.3 Å². The Morgan fingerprint density at radius 3 is 2.68 bits per heavy atom. The quantitative estimate of drug-likeness (QED) is 0.590. The number of halogens is 2. The van der Waals surface area contributed by atoms with Crippen LogP contribution in [0.2, 0.25) is 0 Å². The van der Waals surface area contributed by atoms with Crippen LogP contribution in [0.4, 0.5) is 31.9 Å². The lowest BCUT2D eigenvalue weighted by molar-refractivity contribution is 0.287. The van der Waals surface area contributed by atoms with Crippen molar-refractivity contribution in [3.63, 3.8) is 0 Å². The number of nitrogens with zero attached hydrogens (tertiary/aromatic N) is 5. The highest BCUT2D eigenvalue weighted by Gasteiger charge is 2.25. The van der Waals surface area contributed by atoms with Crippen LogP contribution in [-0.4, -0.2) is 60.3 Å². The van der Waals surface area contributed by atoms with Crippen molar-refractivity contribution in [2.24, 2.45) is 0 Å². The number of piperazine rings is 1. The number of nitrogens with one attached hydrogen (secondary N) is 2. The molecule has 10 heteroatoms. The van der Waals surface area contributed by atoms with E-state index in [1.165, 1.54) is 6.07 Å². The minimum Gasteiger partial charge on any atom is -0.486 e. The van der Waals surface area contributed by atoms with Crippen LogP contribution in [0.5, 0.6) is 5.75 Å². The summed E-state index contributed by atoms with van der Waals surface area (Å²) in [5, 5.41) is 6.39. The third-order valence-electron chi connectivity index (χ3n) is 6.02. The van der Waals surface area contributed by atoms with Gasteiger partial charge in [0.05, 0.1) is 18.4 Å². The Hall–Kier alpha value is -3.53. The van der Waals surface area contributed by atoms with Crippen molar-refractivity contribution < 1.29 is 13.5 Å². The summed E-state index contributed by atoms with van der Waals surface area (Å²) >= 11 is 0. The Labute approximate surface area is 197 Å². The zero-order chi connectivity index (χ0) is 23.7. The summed E-state index contributed by atoms with van der Waals surface area (Å²) in [7, 11) is 0. The number of pyridine rings is 1. The van der Waals surface area contributed by atoms with Crippen molar-refractivity contribution in [2.75, 3.05) is 54.4 Å². The van der Waals surface area contributed by atoms with E-state index in [-0.39, 0.29) is 23.4 Å². The molecule has 1 saturated heterocycles. The Bertz CT molecular complexity index is 1180. The van der Waals surface area contributed by atoms with Gasteiger partial charge in [-0.2, -0.15) is 0 Å². The van der Waals surface area contributed by atoms with Crippen LogP contribution in [-0.2, 0) is 0 Å². The van der Waals surface area contributed by atoms with Crippen LogP contribution in [0.1, 0.15) is 13.8 Å². The smallest absolute Gasteiger partial charge is 0.229 e. The molecule has 3 aromatic rings. The molecule has 34 heavy (non-hydrogen) atoms. The summed E-state index contributed by atoms with van der Waals surface area (Å²) in [5.41, 5.74) is 1.95. The molecule has 2 aliphatic rings. The SMILES string of the molecule is CC(C)N1CCOc2c(F)cc(-c3nc(Nc4cc(N5CCNCC5)ccn4)ncc3F)cc21. The van der Waals surface area contributed by atoms with E-state index in [1.807, 2.05) is 30.9 Å². The lowest BCUT2D eigenvalue weighted by Gasteiger charge is -2.34. The van der Waals surface area contributed by atoms with Crippen molar-refractivity contribution in [1.82, 2.24) is 20.3 Å². The monoisotopic (exact) mass is 467 g/mol. The molecular formula is C24H27F2N7O. The number of ether oxygens (including phenoxy) is 1. The summed E-state index contributed by atoms with van der Waals surface area (Å²) in [6.45, 7) is 8.73. The van der Waals surface area contributed by atoms with E-state index in [0.717, 1.165) is 38.1 Å². The molecule has 0 aliphatic carbocycles. The van der Waals surface area contributed by atoms with Gasteiger partial charge in [-0.05, 0) is 32.0 Å². The van der Waals surface area contributed by atoms with Crippen molar-refractivity contribution in [1.29, 1.82) is 0 Å². The van der Waals surface area contributed by atoms with E-state index in [9.17, 15) is 8.78 Å². The molecule has 2 N–H and O–H groups in total. The Kier molecular flexibility index (Phi) is 6.14. The van der Waals surface area contributed by atoms with Gasteiger partial charge in [0.2, 0.25) is 5.95 Å². The summed E-state index contributed by atoms with van der Waals surface area (Å²) in [4.78, 5) is 17.1. The maximum atomic E-state index is 14.9. The predicted octanol–water partition coefficient (Wildman–Crippen LogP) is 3.58. The van der Waals surface area contributed by atoms with Gasteiger partial charge in [-0.15, -0.1) is 0 Å². The first-order valence-electron chi connectivity index (χ1n) is 11.4. The summed E-state index contributed by atoms with van der Waals surface area (Å²) in [6.07, 6.45) is 2.79. The molecule has 0 spiro atoms. The van der Waals surface area contributed by atoms with Crippen LogP contribution in [0.25, 0.3) is 11.3 Å². The Balaban J connectivity index is 1.45. The number of rotatable bonds is 5. The molecule has 0 atom stereocenters. The third kappa shape index (κ3) is 4.45. The van der Waals surface area contributed by atoms with Crippen LogP contribution in [0.3, 0.4) is 0 Å². The van der Waals surface area contributed by atoms with E-state index < -0.39 is 11.6 Å². The fraction of sp³-hybridized carbons (Fsp3) is 0.375. The molecule has 0 unspecified atom stereocenters. The maximum Gasteiger partial charge on any atom is 0.229 e. The van der Waals surface area contributed by atoms with Crippen LogP contribution in [0.15, 0.2) is 36.7 Å². The third-order valence-corrected chi connectivity index (χ3v) is 6.02. The average Bonchev–Trinajstić information content (AvgIpc) is 2.85. The first kappa shape index (κ1) is 22.3.